The van der Waals surface area contributed by atoms with Crippen molar-refractivity contribution in [2.75, 3.05) is 13.6 Å². The standard InChI is InChI=1S/C11H14N2O3/c1-8(13(2)7-3-6-12)9-4-5-10(16-9)11(14)15/h4-5,8H,3,7H2,1-2H3,(H,14,15). The van der Waals surface area contributed by atoms with Crippen molar-refractivity contribution in [1.82, 2.24) is 4.90 Å². The number of furan rings is 1. The van der Waals surface area contributed by atoms with E-state index in [1.807, 2.05) is 18.9 Å². The molecule has 1 N–H and O–H groups in total. The van der Waals surface area contributed by atoms with E-state index in [9.17, 15) is 4.79 Å². The minimum Gasteiger partial charge on any atom is -0.475 e. The lowest BCUT2D eigenvalue weighted by Crippen LogP contribution is -2.22. The molecule has 0 saturated carbocycles. The molecule has 0 aliphatic carbocycles. The van der Waals surface area contributed by atoms with Crippen LogP contribution in [0.2, 0.25) is 0 Å². The van der Waals surface area contributed by atoms with E-state index >= 15 is 0 Å². The summed E-state index contributed by atoms with van der Waals surface area (Å²) in [6.07, 6.45) is 0.438. The van der Waals surface area contributed by atoms with Gasteiger partial charge in [-0.25, -0.2) is 4.79 Å². The molecule has 0 aromatic carbocycles. The maximum Gasteiger partial charge on any atom is 0.371 e. The Labute approximate surface area is 93.9 Å². The van der Waals surface area contributed by atoms with E-state index in [1.54, 1.807) is 6.07 Å². The zero-order chi connectivity index (χ0) is 12.1. The Morgan fingerprint density at radius 3 is 2.88 bits per heavy atom. The van der Waals surface area contributed by atoms with E-state index in [1.165, 1.54) is 6.07 Å². The van der Waals surface area contributed by atoms with Crippen molar-refractivity contribution in [2.24, 2.45) is 0 Å². The summed E-state index contributed by atoms with van der Waals surface area (Å²) < 4.78 is 5.18. The summed E-state index contributed by atoms with van der Waals surface area (Å²) in [4.78, 5) is 12.6. The summed E-state index contributed by atoms with van der Waals surface area (Å²) in [5.41, 5.74) is 0. The molecule has 1 atom stereocenters. The van der Waals surface area contributed by atoms with Gasteiger partial charge in [-0.2, -0.15) is 5.26 Å². The number of rotatable bonds is 5. The molecule has 0 fully saturated rings. The molecule has 0 radical (unpaired) electrons. The highest BCUT2D eigenvalue weighted by molar-refractivity contribution is 5.84. The summed E-state index contributed by atoms with van der Waals surface area (Å²) in [5.74, 6) is -0.536. The number of carbonyl (C=O) groups is 1. The third kappa shape index (κ3) is 2.84. The van der Waals surface area contributed by atoms with Crippen molar-refractivity contribution in [3.05, 3.63) is 23.7 Å². The summed E-state index contributed by atoms with van der Waals surface area (Å²) >= 11 is 0. The molecule has 0 aliphatic rings. The van der Waals surface area contributed by atoms with Crippen LogP contribution in [0.1, 0.15) is 35.7 Å². The first kappa shape index (κ1) is 12.3. The third-order valence-corrected chi connectivity index (χ3v) is 2.49. The molecule has 0 saturated heterocycles. The van der Waals surface area contributed by atoms with Gasteiger partial charge in [0.15, 0.2) is 0 Å². The quantitative estimate of drug-likeness (QED) is 0.823. The van der Waals surface area contributed by atoms with E-state index in [0.29, 0.717) is 18.7 Å². The highest BCUT2D eigenvalue weighted by Crippen LogP contribution is 2.21. The molecular formula is C11H14N2O3. The highest BCUT2D eigenvalue weighted by Gasteiger charge is 2.17. The monoisotopic (exact) mass is 222 g/mol. The van der Waals surface area contributed by atoms with Gasteiger partial charge >= 0.3 is 5.97 Å². The Morgan fingerprint density at radius 1 is 1.69 bits per heavy atom. The van der Waals surface area contributed by atoms with Gasteiger partial charge in [0.05, 0.1) is 12.1 Å². The van der Waals surface area contributed by atoms with E-state index < -0.39 is 5.97 Å². The predicted molar refractivity (Wildman–Crippen MR) is 56.9 cm³/mol. The third-order valence-electron chi connectivity index (χ3n) is 2.49. The Kier molecular flexibility index (Phi) is 4.09. The molecule has 0 amide bonds. The minimum absolute atomic E-state index is 0.0403. The Bertz CT molecular complexity index is 406. The molecule has 16 heavy (non-hydrogen) atoms. The maximum absolute atomic E-state index is 10.6. The van der Waals surface area contributed by atoms with Gasteiger partial charge in [-0.1, -0.05) is 0 Å². The number of carboxylic acids is 1. The van der Waals surface area contributed by atoms with Crippen molar-refractivity contribution >= 4 is 5.97 Å². The van der Waals surface area contributed by atoms with Crippen LogP contribution in [0.25, 0.3) is 0 Å². The van der Waals surface area contributed by atoms with Crippen LogP contribution in [0, 0.1) is 11.3 Å². The summed E-state index contributed by atoms with van der Waals surface area (Å²) in [6.45, 7) is 2.53. The normalized spacial score (nSPS) is 12.4. The van der Waals surface area contributed by atoms with Crippen LogP contribution in [-0.4, -0.2) is 29.6 Å². The van der Waals surface area contributed by atoms with Crippen molar-refractivity contribution in [3.8, 4) is 6.07 Å². The van der Waals surface area contributed by atoms with Gasteiger partial charge in [-0.3, -0.25) is 4.90 Å². The van der Waals surface area contributed by atoms with Gasteiger partial charge in [0.2, 0.25) is 5.76 Å². The molecule has 1 unspecified atom stereocenters. The van der Waals surface area contributed by atoms with Gasteiger partial charge in [-0.05, 0) is 26.1 Å². The minimum atomic E-state index is -1.07. The number of carboxylic acid groups (broad SMARTS) is 1. The predicted octanol–water partition coefficient (Wildman–Crippen LogP) is 1.88. The molecule has 0 bridgehead atoms. The topological polar surface area (TPSA) is 77.5 Å². The first-order chi connectivity index (χ1) is 7.56. The first-order valence-electron chi connectivity index (χ1n) is 4.96. The number of aromatic carboxylic acids is 1. The number of hydrogen-bond acceptors (Lipinski definition) is 4. The Hall–Kier alpha value is -1.80. The molecule has 86 valence electrons. The van der Waals surface area contributed by atoms with E-state index in [2.05, 4.69) is 6.07 Å². The summed E-state index contributed by atoms with van der Waals surface area (Å²) in [7, 11) is 1.87. The summed E-state index contributed by atoms with van der Waals surface area (Å²) in [5, 5.41) is 17.2. The van der Waals surface area contributed by atoms with Crippen LogP contribution >= 0.6 is 0 Å². The lowest BCUT2D eigenvalue weighted by molar-refractivity contribution is 0.0657. The average molecular weight is 222 g/mol. The van der Waals surface area contributed by atoms with E-state index in [0.717, 1.165) is 0 Å². The molecule has 5 nitrogen and oxygen atoms in total. The number of nitrogens with zero attached hydrogens (tertiary/aromatic N) is 2. The fourth-order valence-electron chi connectivity index (χ4n) is 1.33. The fraction of sp³-hybridized carbons (Fsp3) is 0.455. The van der Waals surface area contributed by atoms with Gasteiger partial charge in [0, 0.05) is 13.0 Å². The van der Waals surface area contributed by atoms with Crippen molar-refractivity contribution < 1.29 is 14.3 Å². The highest BCUT2D eigenvalue weighted by atomic mass is 16.4. The van der Waals surface area contributed by atoms with Crippen LogP contribution in [0.15, 0.2) is 16.5 Å². The second kappa shape index (κ2) is 5.33. The molecule has 1 aromatic heterocycles. The maximum atomic E-state index is 10.6. The zero-order valence-corrected chi connectivity index (χ0v) is 9.30. The molecule has 1 rings (SSSR count). The lowest BCUT2D eigenvalue weighted by atomic mass is 10.2. The van der Waals surface area contributed by atoms with Gasteiger partial charge in [-0.15, -0.1) is 0 Å². The molecule has 1 heterocycles. The van der Waals surface area contributed by atoms with E-state index in [4.69, 9.17) is 14.8 Å². The first-order valence-corrected chi connectivity index (χ1v) is 4.96. The second-order valence-electron chi connectivity index (χ2n) is 3.57. The fourth-order valence-corrected chi connectivity index (χ4v) is 1.33. The van der Waals surface area contributed by atoms with Crippen LogP contribution < -0.4 is 0 Å². The second-order valence-corrected chi connectivity index (χ2v) is 3.57. The lowest BCUT2D eigenvalue weighted by Gasteiger charge is -2.21. The van der Waals surface area contributed by atoms with Gasteiger partial charge < -0.3 is 9.52 Å². The molecular weight excluding hydrogens is 208 g/mol. The Morgan fingerprint density at radius 2 is 2.38 bits per heavy atom. The van der Waals surface area contributed by atoms with Crippen molar-refractivity contribution in [3.63, 3.8) is 0 Å². The number of hydrogen-bond donors (Lipinski definition) is 1. The van der Waals surface area contributed by atoms with Crippen LogP contribution in [0.4, 0.5) is 0 Å². The average Bonchev–Trinajstić information content (AvgIpc) is 2.74. The SMILES string of the molecule is CC(c1ccc(C(=O)O)o1)N(C)CCC#N. The molecule has 0 aliphatic heterocycles. The van der Waals surface area contributed by atoms with Crippen LogP contribution in [0.3, 0.4) is 0 Å². The van der Waals surface area contributed by atoms with E-state index in [-0.39, 0.29) is 11.8 Å². The van der Waals surface area contributed by atoms with Crippen LogP contribution in [0.5, 0.6) is 0 Å². The number of nitriles is 1. The molecule has 1 aromatic rings. The zero-order valence-electron chi connectivity index (χ0n) is 9.30. The smallest absolute Gasteiger partial charge is 0.371 e. The van der Waals surface area contributed by atoms with Gasteiger partial charge in [0.1, 0.15) is 5.76 Å². The van der Waals surface area contributed by atoms with Gasteiger partial charge in [0.25, 0.3) is 0 Å². The molecule has 5 heteroatoms. The Balaban J connectivity index is 2.68. The van der Waals surface area contributed by atoms with Crippen molar-refractivity contribution in [1.29, 1.82) is 5.26 Å². The largest absolute Gasteiger partial charge is 0.475 e. The van der Waals surface area contributed by atoms with Crippen LogP contribution in [-0.2, 0) is 0 Å². The van der Waals surface area contributed by atoms with Crippen molar-refractivity contribution in [2.45, 2.75) is 19.4 Å². The molecule has 0 spiro atoms. The summed E-state index contributed by atoms with van der Waals surface area (Å²) in [6, 6.07) is 5.11.